The van der Waals surface area contributed by atoms with E-state index in [-0.39, 0.29) is 5.91 Å². The molecule has 1 heterocycles. The lowest BCUT2D eigenvalue weighted by Crippen LogP contribution is -2.22. The predicted octanol–water partition coefficient (Wildman–Crippen LogP) is 0.825. The molecule has 0 spiro atoms. The van der Waals surface area contributed by atoms with Crippen molar-refractivity contribution in [2.45, 2.75) is 20.4 Å². The van der Waals surface area contributed by atoms with Gasteiger partial charge in [-0.15, -0.1) is 5.10 Å². The maximum Gasteiger partial charge on any atom is 0.219 e. The van der Waals surface area contributed by atoms with Crippen molar-refractivity contribution in [3.8, 4) is 0 Å². The Morgan fingerprint density at radius 3 is 2.75 bits per heavy atom. The van der Waals surface area contributed by atoms with E-state index in [1.807, 2.05) is 6.92 Å². The number of carbonyl (C=O) groups excluding carboxylic acids is 1. The van der Waals surface area contributed by atoms with E-state index in [9.17, 15) is 4.79 Å². The zero-order valence-corrected chi connectivity index (χ0v) is 8.18. The summed E-state index contributed by atoms with van der Waals surface area (Å²) in [4.78, 5) is 13.6. The highest BCUT2D eigenvalue weighted by molar-refractivity contribution is 7.05. The van der Waals surface area contributed by atoms with Gasteiger partial charge in [0.25, 0.3) is 0 Å². The molecule has 0 aliphatic heterocycles. The van der Waals surface area contributed by atoms with Gasteiger partial charge >= 0.3 is 0 Å². The second-order valence-corrected chi connectivity index (χ2v) is 3.50. The first-order valence-electron chi connectivity index (χ1n) is 3.61. The van der Waals surface area contributed by atoms with Crippen LogP contribution in [0.15, 0.2) is 0 Å². The molecular formula is C7H11N3OS. The van der Waals surface area contributed by atoms with E-state index in [1.54, 1.807) is 18.9 Å². The van der Waals surface area contributed by atoms with Gasteiger partial charge in [0.15, 0.2) is 0 Å². The van der Waals surface area contributed by atoms with Gasteiger partial charge in [0.2, 0.25) is 5.91 Å². The lowest BCUT2D eigenvalue weighted by Gasteiger charge is -2.12. The highest BCUT2D eigenvalue weighted by Crippen LogP contribution is 2.11. The van der Waals surface area contributed by atoms with Gasteiger partial charge in [-0.05, 0) is 18.5 Å². The number of amides is 1. The minimum absolute atomic E-state index is 0.0581. The summed E-state index contributed by atoms with van der Waals surface area (Å²) in [5, 5.41) is 3.86. The number of hydrogen-bond donors (Lipinski definition) is 0. The lowest BCUT2D eigenvalue weighted by molar-refractivity contribution is -0.128. The van der Waals surface area contributed by atoms with Crippen LogP contribution in [0.4, 0.5) is 0 Å². The number of rotatable bonds is 2. The first-order chi connectivity index (χ1) is 5.61. The third kappa shape index (κ3) is 2.01. The number of hydrogen-bond acceptors (Lipinski definition) is 4. The highest BCUT2D eigenvalue weighted by Gasteiger charge is 2.08. The number of aromatic nitrogens is 2. The zero-order chi connectivity index (χ0) is 9.14. The molecule has 1 rings (SSSR count). The fraction of sp³-hybridized carbons (Fsp3) is 0.571. The van der Waals surface area contributed by atoms with Gasteiger partial charge in [-0.2, -0.15) is 0 Å². The monoisotopic (exact) mass is 185 g/mol. The zero-order valence-electron chi connectivity index (χ0n) is 7.37. The van der Waals surface area contributed by atoms with Gasteiger partial charge in [-0.1, -0.05) is 4.49 Å². The van der Waals surface area contributed by atoms with Gasteiger partial charge in [0.05, 0.1) is 17.1 Å². The molecule has 66 valence electrons. The largest absolute Gasteiger partial charge is 0.341 e. The fourth-order valence-electron chi connectivity index (χ4n) is 0.723. The minimum atomic E-state index is 0.0581. The van der Waals surface area contributed by atoms with Crippen molar-refractivity contribution >= 4 is 17.4 Å². The number of aryl methyl sites for hydroxylation is 1. The molecule has 0 saturated heterocycles. The van der Waals surface area contributed by atoms with E-state index < -0.39 is 0 Å². The van der Waals surface area contributed by atoms with Crippen LogP contribution in [0.5, 0.6) is 0 Å². The van der Waals surface area contributed by atoms with Gasteiger partial charge < -0.3 is 4.90 Å². The van der Waals surface area contributed by atoms with Crippen LogP contribution in [0, 0.1) is 6.92 Å². The van der Waals surface area contributed by atoms with Crippen LogP contribution < -0.4 is 0 Å². The molecule has 0 fully saturated rings. The van der Waals surface area contributed by atoms with Crippen LogP contribution in [0.25, 0.3) is 0 Å². The van der Waals surface area contributed by atoms with Gasteiger partial charge in [-0.3, -0.25) is 4.79 Å². The molecule has 4 nitrogen and oxygen atoms in total. The third-order valence-electron chi connectivity index (χ3n) is 1.66. The average molecular weight is 185 g/mol. The summed E-state index contributed by atoms with van der Waals surface area (Å²) in [7, 11) is 1.77. The molecule has 0 aromatic carbocycles. The topological polar surface area (TPSA) is 46.1 Å². The maximum absolute atomic E-state index is 10.9. The van der Waals surface area contributed by atoms with Gasteiger partial charge in [0, 0.05) is 14.0 Å². The molecule has 12 heavy (non-hydrogen) atoms. The summed E-state index contributed by atoms with van der Waals surface area (Å²) < 4.78 is 3.79. The predicted molar refractivity (Wildman–Crippen MR) is 46.8 cm³/mol. The van der Waals surface area contributed by atoms with Crippen LogP contribution >= 0.6 is 11.5 Å². The van der Waals surface area contributed by atoms with E-state index >= 15 is 0 Å². The summed E-state index contributed by atoms with van der Waals surface area (Å²) in [5.74, 6) is 0.0581. The Kier molecular flexibility index (Phi) is 2.75. The average Bonchev–Trinajstić information content (AvgIpc) is 2.36. The molecular weight excluding hydrogens is 174 g/mol. The maximum atomic E-state index is 10.9. The van der Waals surface area contributed by atoms with Crippen LogP contribution in [-0.4, -0.2) is 27.4 Å². The highest BCUT2D eigenvalue weighted by atomic mass is 32.1. The van der Waals surface area contributed by atoms with Gasteiger partial charge in [-0.25, -0.2) is 0 Å². The quantitative estimate of drug-likeness (QED) is 0.685. The summed E-state index contributed by atoms with van der Waals surface area (Å²) in [6.07, 6.45) is 0. The van der Waals surface area contributed by atoms with Crippen LogP contribution in [0.3, 0.4) is 0 Å². The van der Waals surface area contributed by atoms with E-state index in [0.717, 1.165) is 10.6 Å². The fourth-order valence-corrected chi connectivity index (χ4v) is 1.41. The Bertz CT molecular complexity index is 284. The van der Waals surface area contributed by atoms with Crippen molar-refractivity contribution < 1.29 is 4.79 Å². The Labute approximate surface area is 75.4 Å². The Morgan fingerprint density at radius 2 is 2.33 bits per heavy atom. The second-order valence-electron chi connectivity index (χ2n) is 2.66. The molecule has 0 saturated carbocycles. The van der Waals surface area contributed by atoms with Crippen LogP contribution in [0.1, 0.15) is 17.5 Å². The molecule has 1 amide bonds. The minimum Gasteiger partial charge on any atom is -0.341 e. The molecule has 1 aromatic heterocycles. The SMILES string of the molecule is CC(=O)N(C)Cc1snnc1C. The summed E-state index contributed by atoms with van der Waals surface area (Å²) in [6, 6.07) is 0. The molecule has 5 heteroatoms. The first-order valence-corrected chi connectivity index (χ1v) is 4.38. The van der Waals surface area contributed by atoms with E-state index in [0.29, 0.717) is 6.54 Å². The number of nitrogens with zero attached hydrogens (tertiary/aromatic N) is 3. The smallest absolute Gasteiger partial charge is 0.219 e. The van der Waals surface area contributed by atoms with Gasteiger partial charge in [0.1, 0.15) is 0 Å². The molecule has 0 bridgehead atoms. The molecule has 1 aromatic rings. The third-order valence-corrected chi connectivity index (χ3v) is 2.47. The molecule has 0 unspecified atom stereocenters. The first kappa shape index (κ1) is 9.12. The summed E-state index contributed by atoms with van der Waals surface area (Å²) in [5.41, 5.74) is 0.910. The van der Waals surface area contributed by atoms with Crippen molar-refractivity contribution in [3.63, 3.8) is 0 Å². The standard InChI is InChI=1S/C7H11N3OS/c1-5-7(12-9-8-5)4-10(3)6(2)11/h4H2,1-3H3. The van der Waals surface area contributed by atoms with Crippen molar-refractivity contribution in [2.75, 3.05) is 7.05 Å². The molecule has 0 radical (unpaired) electrons. The van der Waals surface area contributed by atoms with E-state index in [1.165, 1.54) is 11.5 Å². The number of carbonyl (C=O) groups is 1. The molecule has 0 aliphatic carbocycles. The van der Waals surface area contributed by atoms with Crippen LogP contribution in [0.2, 0.25) is 0 Å². The summed E-state index contributed by atoms with van der Waals surface area (Å²) >= 11 is 1.34. The normalized spacial score (nSPS) is 9.92. The second kappa shape index (κ2) is 3.62. The van der Waals surface area contributed by atoms with Crippen LogP contribution in [-0.2, 0) is 11.3 Å². The van der Waals surface area contributed by atoms with Crippen molar-refractivity contribution in [1.82, 2.24) is 14.5 Å². The molecule has 0 N–H and O–H groups in total. The Morgan fingerprint density at radius 1 is 1.67 bits per heavy atom. The lowest BCUT2D eigenvalue weighted by atomic mass is 10.4. The van der Waals surface area contributed by atoms with Crippen molar-refractivity contribution in [3.05, 3.63) is 10.6 Å². The van der Waals surface area contributed by atoms with Crippen molar-refractivity contribution in [1.29, 1.82) is 0 Å². The molecule has 0 aliphatic rings. The molecule has 0 atom stereocenters. The Balaban J connectivity index is 2.64. The van der Waals surface area contributed by atoms with E-state index in [4.69, 9.17) is 0 Å². The van der Waals surface area contributed by atoms with E-state index in [2.05, 4.69) is 9.59 Å². The van der Waals surface area contributed by atoms with Crippen molar-refractivity contribution in [2.24, 2.45) is 0 Å². The summed E-state index contributed by atoms with van der Waals surface area (Å²) in [6.45, 7) is 4.05. The Hall–Kier alpha value is -0.970.